The first-order valence-electron chi connectivity index (χ1n) is 9.04. The van der Waals surface area contributed by atoms with Crippen LogP contribution < -0.4 is 15.1 Å². The van der Waals surface area contributed by atoms with Gasteiger partial charge in [-0.1, -0.05) is 23.7 Å². The summed E-state index contributed by atoms with van der Waals surface area (Å²) in [6.45, 7) is 6.38. The molecule has 1 amide bonds. The molecule has 0 aliphatic carbocycles. The summed E-state index contributed by atoms with van der Waals surface area (Å²) < 4.78 is 5.39. The van der Waals surface area contributed by atoms with Gasteiger partial charge in [-0.2, -0.15) is 5.10 Å². The fourth-order valence-corrected chi connectivity index (χ4v) is 3.27. The van der Waals surface area contributed by atoms with Crippen molar-refractivity contribution in [2.75, 3.05) is 18.6 Å². The zero-order chi connectivity index (χ0) is 20.3. The lowest BCUT2D eigenvalue weighted by molar-refractivity contribution is -0.123. The molecule has 1 heterocycles. The van der Waals surface area contributed by atoms with Crippen LogP contribution in [0.3, 0.4) is 0 Å². The highest BCUT2D eigenvalue weighted by atomic mass is 35.5. The van der Waals surface area contributed by atoms with E-state index in [4.69, 9.17) is 16.3 Å². The standard InChI is InChI=1S/C22H24ClN3O2/c1-15-12-22(2,3)26(4)20-10-5-16(11-19(15)20)13-24-25-21(27)14-28-18-8-6-17(23)7-9-18/h5-13H,14H2,1-4H3,(H,25,27)/b24-13-. The van der Waals surface area contributed by atoms with E-state index in [0.29, 0.717) is 10.8 Å². The number of ether oxygens (including phenoxy) is 1. The number of rotatable bonds is 5. The van der Waals surface area contributed by atoms with Crippen LogP contribution in [0, 0.1) is 0 Å². The molecule has 28 heavy (non-hydrogen) atoms. The lowest BCUT2D eigenvalue weighted by Gasteiger charge is -2.40. The number of nitrogens with one attached hydrogen (secondary N) is 1. The number of nitrogens with zero attached hydrogens (tertiary/aromatic N) is 2. The molecule has 2 aromatic rings. The van der Waals surface area contributed by atoms with E-state index in [1.54, 1.807) is 30.5 Å². The highest BCUT2D eigenvalue weighted by Gasteiger charge is 2.28. The Labute approximate surface area is 170 Å². The number of hydrazone groups is 1. The van der Waals surface area contributed by atoms with Crippen molar-refractivity contribution in [1.29, 1.82) is 0 Å². The number of halogens is 1. The number of allylic oxidation sites excluding steroid dienone is 1. The van der Waals surface area contributed by atoms with Gasteiger partial charge in [-0.3, -0.25) is 4.79 Å². The highest BCUT2D eigenvalue weighted by molar-refractivity contribution is 6.30. The molecule has 0 spiro atoms. The van der Waals surface area contributed by atoms with Crippen LogP contribution in [0.1, 0.15) is 31.9 Å². The second kappa shape index (κ2) is 8.07. The zero-order valence-electron chi connectivity index (χ0n) is 16.5. The molecule has 1 aliphatic heterocycles. The molecule has 0 radical (unpaired) electrons. The second-order valence-corrected chi connectivity index (χ2v) is 7.79. The van der Waals surface area contributed by atoms with Crippen molar-refractivity contribution in [1.82, 2.24) is 5.43 Å². The van der Waals surface area contributed by atoms with Crippen molar-refractivity contribution in [3.63, 3.8) is 0 Å². The van der Waals surface area contributed by atoms with Crippen molar-refractivity contribution in [3.8, 4) is 5.75 Å². The van der Waals surface area contributed by atoms with Gasteiger partial charge in [-0.25, -0.2) is 5.43 Å². The van der Waals surface area contributed by atoms with Gasteiger partial charge >= 0.3 is 0 Å². The van der Waals surface area contributed by atoms with E-state index < -0.39 is 0 Å². The Morgan fingerprint density at radius 2 is 1.96 bits per heavy atom. The molecule has 2 aromatic carbocycles. The number of benzene rings is 2. The van der Waals surface area contributed by atoms with E-state index >= 15 is 0 Å². The fraction of sp³-hybridized carbons (Fsp3) is 0.273. The van der Waals surface area contributed by atoms with E-state index in [0.717, 1.165) is 5.56 Å². The van der Waals surface area contributed by atoms with Crippen molar-refractivity contribution < 1.29 is 9.53 Å². The number of carbonyl (C=O) groups excluding carboxylic acids is 1. The third-order valence-corrected chi connectivity index (χ3v) is 5.08. The Kier molecular flexibility index (Phi) is 5.75. The molecule has 0 atom stereocenters. The molecule has 6 heteroatoms. The summed E-state index contributed by atoms with van der Waals surface area (Å²) >= 11 is 5.82. The summed E-state index contributed by atoms with van der Waals surface area (Å²) in [7, 11) is 2.09. The molecule has 3 rings (SSSR count). The quantitative estimate of drug-likeness (QED) is 0.597. The lowest BCUT2D eigenvalue weighted by Crippen LogP contribution is -2.42. The summed E-state index contributed by atoms with van der Waals surface area (Å²) in [6, 6.07) is 13.0. The number of carbonyl (C=O) groups is 1. The number of likely N-dealkylation sites (N-methyl/N-ethyl adjacent to an activating group) is 1. The van der Waals surface area contributed by atoms with Gasteiger partial charge in [0.1, 0.15) is 5.75 Å². The minimum atomic E-state index is -0.332. The predicted molar refractivity (Wildman–Crippen MR) is 115 cm³/mol. The van der Waals surface area contributed by atoms with Crippen LogP contribution in [-0.4, -0.2) is 31.3 Å². The van der Waals surface area contributed by atoms with Gasteiger partial charge < -0.3 is 9.64 Å². The van der Waals surface area contributed by atoms with E-state index in [9.17, 15) is 4.79 Å². The molecule has 0 aromatic heterocycles. The average molecular weight is 398 g/mol. The summed E-state index contributed by atoms with van der Waals surface area (Å²) in [4.78, 5) is 14.1. The fourth-order valence-electron chi connectivity index (χ4n) is 3.15. The van der Waals surface area contributed by atoms with Crippen molar-refractivity contribution in [2.45, 2.75) is 26.3 Å². The van der Waals surface area contributed by atoms with Crippen molar-refractivity contribution in [3.05, 3.63) is 64.7 Å². The van der Waals surface area contributed by atoms with Gasteiger partial charge in [0, 0.05) is 23.3 Å². The summed E-state index contributed by atoms with van der Waals surface area (Å²) in [6.07, 6.45) is 3.89. The predicted octanol–water partition coefficient (Wildman–Crippen LogP) is 4.50. The molecule has 0 bridgehead atoms. The minimum Gasteiger partial charge on any atom is -0.484 e. The number of hydrogen-bond donors (Lipinski definition) is 1. The number of amides is 1. The van der Waals surface area contributed by atoms with Crippen LogP contribution in [0.4, 0.5) is 5.69 Å². The van der Waals surface area contributed by atoms with E-state index in [1.807, 2.05) is 6.07 Å². The van der Waals surface area contributed by atoms with Gasteiger partial charge in [-0.05, 0) is 68.3 Å². The van der Waals surface area contributed by atoms with Crippen LogP contribution in [0.25, 0.3) is 5.57 Å². The Hall–Kier alpha value is -2.79. The topological polar surface area (TPSA) is 53.9 Å². The maximum atomic E-state index is 11.9. The van der Waals surface area contributed by atoms with E-state index in [-0.39, 0.29) is 18.1 Å². The van der Waals surface area contributed by atoms with Crippen LogP contribution >= 0.6 is 11.6 Å². The molecule has 1 aliphatic rings. The SMILES string of the molecule is CC1=CC(C)(C)N(C)c2ccc(/C=N\NC(=O)COc3ccc(Cl)cc3)cc21. The number of fused-ring (bicyclic) bond motifs is 1. The maximum absolute atomic E-state index is 11.9. The van der Waals surface area contributed by atoms with E-state index in [1.165, 1.54) is 16.8 Å². The molecule has 1 N–H and O–H groups in total. The number of hydrogen-bond acceptors (Lipinski definition) is 4. The summed E-state index contributed by atoms with van der Waals surface area (Å²) in [5, 5.41) is 4.65. The molecule has 146 valence electrons. The maximum Gasteiger partial charge on any atom is 0.277 e. The first-order valence-corrected chi connectivity index (χ1v) is 9.42. The third-order valence-electron chi connectivity index (χ3n) is 4.83. The summed E-state index contributed by atoms with van der Waals surface area (Å²) in [5.41, 5.74) is 6.96. The molecule has 0 saturated heterocycles. The Balaban J connectivity index is 1.60. The monoisotopic (exact) mass is 397 g/mol. The van der Waals surface area contributed by atoms with Crippen LogP contribution in [-0.2, 0) is 4.79 Å². The van der Waals surface area contributed by atoms with Gasteiger partial charge in [0.15, 0.2) is 6.61 Å². The highest BCUT2D eigenvalue weighted by Crippen LogP contribution is 2.37. The first kappa shape index (κ1) is 20.0. The largest absolute Gasteiger partial charge is 0.484 e. The average Bonchev–Trinajstić information content (AvgIpc) is 2.65. The Morgan fingerprint density at radius 1 is 1.25 bits per heavy atom. The lowest BCUT2D eigenvalue weighted by atomic mass is 9.89. The Bertz CT molecular complexity index is 933. The second-order valence-electron chi connectivity index (χ2n) is 7.35. The van der Waals surface area contributed by atoms with Crippen molar-refractivity contribution >= 4 is 35.0 Å². The third kappa shape index (κ3) is 4.54. The normalized spacial score (nSPS) is 15.2. The molecule has 0 saturated carbocycles. The van der Waals surface area contributed by atoms with Crippen LogP contribution in [0.5, 0.6) is 5.75 Å². The van der Waals surface area contributed by atoms with Gasteiger partial charge in [0.2, 0.25) is 0 Å². The Morgan fingerprint density at radius 3 is 2.68 bits per heavy atom. The molecule has 0 fully saturated rings. The minimum absolute atomic E-state index is 0.0231. The van der Waals surface area contributed by atoms with Gasteiger partial charge in [0.25, 0.3) is 5.91 Å². The zero-order valence-corrected chi connectivity index (χ0v) is 17.2. The van der Waals surface area contributed by atoms with Crippen LogP contribution in [0.15, 0.2) is 53.6 Å². The van der Waals surface area contributed by atoms with Gasteiger partial charge in [0.05, 0.1) is 11.8 Å². The first-order chi connectivity index (χ1) is 13.3. The van der Waals surface area contributed by atoms with E-state index in [2.05, 4.69) is 61.5 Å². The molecule has 5 nitrogen and oxygen atoms in total. The van der Waals surface area contributed by atoms with Gasteiger partial charge in [-0.15, -0.1) is 0 Å². The molecular weight excluding hydrogens is 374 g/mol. The smallest absolute Gasteiger partial charge is 0.277 e. The molecular formula is C22H24ClN3O2. The van der Waals surface area contributed by atoms with Crippen molar-refractivity contribution in [2.24, 2.45) is 5.10 Å². The van der Waals surface area contributed by atoms with Crippen LogP contribution in [0.2, 0.25) is 5.02 Å². The summed E-state index contributed by atoms with van der Waals surface area (Å²) in [5.74, 6) is 0.245. The number of anilines is 1. The molecule has 0 unspecified atom stereocenters.